The molecule has 1 fully saturated rings. The number of carbonyl (C=O) groups is 1. The normalized spacial score (nSPS) is 18.3. The Balaban J connectivity index is 1.97. The Morgan fingerprint density at radius 3 is 2.53 bits per heavy atom. The van der Waals surface area contributed by atoms with Crippen LogP contribution in [-0.4, -0.2) is 48.2 Å². The standard InChI is InChI=1S/C15H22N2O2/c1-3-14(15(18)19)17-9-7-16(8-10-17)13-6-4-5-12(2)11-13/h4-6,11,14H,3,7-10H2,1-2H3,(H,18,19)/t14-/m1/s1. The minimum atomic E-state index is -0.702. The lowest BCUT2D eigenvalue weighted by Crippen LogP contribution is -2.52. The zero-order valence-electron chi connectivity index (χ0n) is 11.7. The largest absolute Gasteiger partial charge is 0.480 e. The highest BCUT2D eigenvalue weighted by atomic mass is 16.4. The van der Waals surface area contributed by atoms with Gasteiger partial charge in [-0.15, -0.1) is 0 Å². The molecule has 2 rings (SSSR count). The second-order valence-corrected chi connectivity index (χ2v) is 5.12. The fourth-order valence-corrected chi connectivity index (χ4v) is 2.71. The van der Waals surface area contributed by atoms with Crippen LogP contribution in [0.2, 0.25) is 0 Å². The fourth-order valence-electron chi connectivity index (χ4n) is 2.71. The van der Waals surface area contributed by atoms with Crippen molar-refractivity contribution in [2.75, 3.05) is 31.1 Å². The fraction of sp³-hybridized carbons (Fsp3) is 0.533. The van der Waals surface area contributed by atoms with Crippen LogP contribution >= 0.6 is 0 Å². The van der Waals surface area contributed by atoms with Gasteiger partial charge in [-0.2, -0.15) is 0 Å². The van der Waals surface area contributed by atoms with Crippen molar-refractivity contribution in [1.29, 1.82) is 0 Å². The van der Waals surface area contributed by atoms with Crippen LogP contribution in [0.4, 0.5) is 5.69 Å². The summed E-state index contributed by atoms with van der Waals surface area (Å²) in [7, 11) is 0. The molecule has 4 heteroatoms. The van der Waals surface area contributed by atoms with Crippen LogP contribution in [-0.2, 0) is 4.79 Å². The zero-order valence-corrected chi connectivity index (χ0v) is 11.7. The lowest BCUT2D eigenvalue weighted by molar-refractivity contribution is -0.143. The Hall–Kier alpha value is -1.55. The van der Waals surface area contributed by atoms with E-state index in [1.807, 2.05) is 6.92 Å². The Morgan fingerprint density at radius 1 is 1.32 bits per heavy atom. The number of benzene rings is 1. The van der Waals surface area contributed by atoms with Crippen LogP contribution in [0.5, 0.6) is 0 Å². The maximum Gasteiger partial charge on any atom is 0.320 e. The monoisotopic (exact) mass is 262 g/mol. The second kappa shape index (κ2) is 6.06. The minimum Gasteiger partial charge on any atom is -0.480 e. The molecular formula is C15H22N2O2. The van der Waals surface area contributed by atoms with Gasteiger partial charge in [0.15, 0.2) is 0 Å². The minimum absolute atomic E-state index is 0.334. The molecule has 0 aliphatic carbocycles. The highest BCUT2D eigenvalue weighted by Crippen LogP contribution is 2.19. The first-order chi connectivity index (χ1) is 9.11. The molecule has 1 N–H and O–H groups in total. The van der Waals surface area contributed by atoms with Crippen LogP contribution in [0.15, 0.2) is 24.3 Å². The third kappa shape index (κ3) is 3.26. The van der Waals surface area contributed by atoms with Gasteiger partial charge in [0.25, 0.3) is 0 Å². The number of hydrogen-bond donors (Lipinski definition) is 1. The van der Waals surface area contributed by atoms with E-state index >= 15 is 0 Å². The van der Waals surface area contributed by atoms with E-state index in [0.717, 1.165) is 26.2 Å². The van der Waals surface area contributed by atoms with Gasteiger partial charge >= 0.3 is 5.97 Å². The third-order valence-corrected chi connectivity index (χ3v) is 3.79. The van der Waals surface area contributed by atoms with Crippen molar-refractivity contribution in [3.05, 3.63) is 29.8 Å². The average Bonchev–Trinajstić information content (AvgIpc) is 2.40. The first kappa shape index (κ1) is 13.9. The molecule has 1 aromatic rings. The van der Waals surface area contributed by atoms with Gasteiger partial charge in [0.1, 0.15) is 6.04 Å². The molecule has 4 nitrogen and oxygen atoms in total. The zero-order chi connectivity index (χ0) is 13.8. The Labute approximate surface area is 114 Å². The molecule has 19 heavy (non-hydrogen) atoms. The molecular weight excluding hydrogens is 240 g/mol. The van der Waals surface area contributed by atoms with Crippen molar-refractivity contribution >= 4 is 11.7 Å². The molecule has 0 spiro atoms. The number of hydrogen-bond acceptors (Lipinski definition) is 3. The van der Waals surface area contributed by atoms with Gasteiger partial charge in [-0.1, -0.05) is 19.1 Å². The van der Waals surface area contributed by atoms with E-state index in [0.29, 0.717) is 6.42 Å². The molecule has 1 aliphatic rings. The van der Waals surface area contributed by atoms with Gasteiger partial charge in [0.2, 0.25) is 0 Å². The smallest absolute Gasteiger partial charge is 0.320 e. The van der Waals surface area contributed by atoms with Gasteiger partial charge in [-0.25, -0.2) is 0 Å². The maximum absolute atomic E-state index is 11.2. The van der Waals surface area contributed by atoms with Crippen molar-refractivity contribution < 1.29 is 9.90 Å². The average molecular weight is 262 g/mol. The number of carboxylic acids is 1. The van der Waals surface area contributed by atoms with Crippen LogP contribution in [0.3, 0.4) is 0 Å². The first-order valence-corrected chi connectivity index (χ1v) is 6.90. The summed E-state index contributed by atoms with van der Waals surface area (Å²) in [5.74, 6) is -0.702. The van der Waals surface area contributed by atoms with Crippen molar-refractivity contribution in [3.8, 4) is 0 Å². The van der Waals surface area contributed by atoms with Crippen LogP contribution < -0.4 is 4.90 Å². The molecule has 1 aromatic carbocycles. The number of nitrogens with zero attached hydrogens (tertiary/aromatic N) is 2. The van der Waals surface area contributed by atoms with Gasteiger partial charge in [0, 0.05) is 31.9 Å². The molecule has 1 saturated heterocycles. The molecule has 1 atom stereocenters. The third-order valence-electron chi connectivity index (χ3n) is 3.79. The summed E-state index contributed by atoms with van der Waals surface area (Å²) in [5, 5.41) is 9.19. The van der Waals surface area contributed by atoms with Crippen LogP contribution in [0.1, 0.15) is 18.9 Å². The molecule has 0 bridgehead atoms. The summed E-state index contributed by atoms with van der Waals surface area (Å²) < 4.78 is 0. The Morgan fingerprint density at radius 2 is 2.00 bits per heavy atom. The SMILES string of the molecule is CC[C@H](C(=O)O)N1CCN(c2cccc(C)c2)CC1. The number of aryl methyl sites for hydroxylation is 1. The van der Waals surface area contributed by atoms with Crippen molar-refractivity contribution in [2.45, 2.75) is 26.3 Å². The number of rotatable bonds is 4. The van der Waals surface area contributed by atoms with Gasteiger partial charge in [0.05, 0.1) is 0 Å². The predicted octanol–water partition coefficient (Wildman–Crippen LogP) is 1.98. The molecule has 0 amide bonds. The number of aliphatic carboxylic acids is 1. The molecule has 0 radical (unpaired) electrons. The summed E-state index contributed by atoms with van der Waals surface area (Å²) in [6.07, 6.45) is 0.666. The number of piperazine rings is 1. The Bertz CT molecular complexity index is 440. The van der Waals surface area contributed by atoms with E-state index in [2.05, 4.69) is 41.0 Å². The van der Waals surface area contributed by atoms with Gasteiger partial charge in [-0.3, -0.25) is 9.69 Å². The van der Waals surface area contributed by atoms with Crippen LogP contribution in [0.25, 0.3) is 0 Å². The summed E-state index contributed by atoms with van der Waals surface area (Å²) in [6, 6.07) is 8.14. The highest BCUT2D eigenvalue weighted by molar-refractivity contribution is 5.73. The molecule has 1 heterocycles. The van der Waals surface area contributed by atoms with Gasteiger partial charge < -0.3 is 10.0 Å². The summed E-state index contributed by atoms with van der Waals surface area (Å²) in [6.45, 7) is 7.46. The first-order valence-electron chi connectivity index (χ1n) is 6.90. The molecule has 0 unspecified atom stereocenters. The topological polar surface area (TPSA) is 43.8 Å². The summed E-state index contributed by atoms with van der Waals surface area (Å²) in [4.78, 5) is 15.6. The van der Waals surface area contributed by atoms with Crippen molar-refractivity contribution in [1.82, 2.24) is 4.90 Å². The molecule has 1 aliphatic heterocycles. The molecule has 104 valence electrons. The summed E-state index contributed by atoms with van der Waals surface area (Å²) in [5.41, 5.74) is 2.50. The van der Waals surface area contributed by atoms with E-state index in [4.69, 9.17) is 0 Å². The lowest BCUT2D eigenvalue weighted by Gasteiger charge is -2.38. The van der Waals surface area contributed by atoms with E-state index in [9.17, 15) is 9.90 Å². The molecule has 0 saturated carbocycles. The van der Waals surface area contributed by atoms with Crippen molar-refractivity contribution in [3.63, 3.8) is 0 Å². The lowest BCUT2D eigenvalue weighted by atomic mass is 10.1. The van der Waals surface area contributed by atoms with Gasteiger partial charge in [-0.05, 0) is 31.0 Å². The molecule has 0 aromatic heterocycles. The predicted molar refractivity (Wildman–Crippen MR) is 76.7 cm³/mol. The number of carboxylic acid groups (broad SMARTS) is 1. The maximum atomic E-state index is 11.2. The van der Waals surface area contributed by atoms with Crippen molar-refractivity contribution in [2.24, 2.45) is 0 Å². The van der Waals surface area contributed by atoms with Crippen LogP contribution in [0, 0.1) is 6.92 Å². The van der Waals surface area contributed by atoms with E-state index in [1.165, 1.54) is 11.3 Å². The van der Waals surface area contributed by atoms with E-state index in [1.54, 1.807) is 0 Å². The second-order valence-electron chi connectivity index (χ2n) is 5.12. The Kier molecular flexibility index (Phi) is 4.43. The summed E-state index contributed by atoms with van der Waals surface area (Å²) >= 11 is 0. The van der Waals surface area contributed by atoms with E-state index < -0.39 is 5.97 Å². The van der Waals surface area contributed by atoms with E-state index in [-0.39, 0.29) is 6.04 Å². The highest BCUT2D eigenvalue weighted by Gasteiger charge is 2.27. The number of anilines is 1. The quantitative estimate of drug-likeness (QED) is 0.901.